The molecule has 0 bridgehead atoms. The van der Waals surface area contributed by atoms with Gasteiger partial charge in [-0.2, -0.15) is 9.61 Å². The number of aromatic amines is 1. The van der Waals surface area contributed by atoms with E-state index in [0.717, 1.165) is 31.6 Å². The summed E-state index contributed by atoms with van der Waals surface area (Å²) in [6.07, 6.45) is 4.32. The first kappa shape index (κ1) is 12.2. The first-order valence-corrected chi connectivity index (χ1v) is 6.61. The molecule has 2 aromatic rings. The second-order valence-corrected chi connectivity index (χ2v) is 4.87. The molecule has 0 saturated carbocycles. The molecule has 1 atom stereocenters. The minimum Gasteiger partial charge on any atom is -0.394 e. The Balaban J connectivity index is 2.00. The van der Waals surface area contributed by atoms with Crippen molar-refractivity contribution >= 4 is 11.5 Å². The summed E-state index contributed by atoms with van der Waals surface area (Å²) in [7, 11) is 0. The number of hydrogen-bond acceptors (Lipinski definition) is 5. The molecule has 1 fully saturated rings. The van der Waals surface area contributed by atoms with Crippen LogP contribution in [0.1, 0.15) is 25.7 Å². The van der Waals surface area contributed by atoms with Crippen LogP contribution in [-0.4, -0.2) is 44.1 Å². The van der Waals surface area contributed by atoms with Gasteiger partial charge in [-0.05, 0) is 25.0 Å². The van der Waals surface area contributed by atoms with Gasteiger partial charge >= 0.3 is 5.69 Å². The van der Waals surface area contributed by atoms with E-state index in [9.17, 15) is 9.90 Å². The lowest BCUT2D eigenvalue weighted by molar-refractivity contribution is 0.254. The van der Waals surface area contributed by atoms with Crippen molar-refractivity contribution in [3.8, 4) is 0 Å². The van der Waals surface area contributed by atoms with Crippen LogP contribution in [0, 0.1) is 0 Å². The summed E-state index contributed by atoms with van der Waals surface area (Å²) < 4.78 is 1.26. The van der Waals surface area contributed by atoms with Crippen LogP contribution in [0.25, 0.3) is 5.65 Å². The molecule has 7 nitrogen and oxygen atoms in total. The van der Waals surface area contributed by atoms with Crippen LogP contribution in [-0.2, 0) is 0 Å². The highest BCUT2D eigenvalue weighted by Crippen LogP contribution is 2.22. The minimum atomic E-state index is -0.341. The van der Waals surface area contributed by atoms with Gasteiger partial charge in [0.1, 0.15) is 5.82 Å². The van der Waals surface area contributed by atoms with Crippen LogP contribution >= 0.6 is 0 Å². The summed E-state index contributed by atoms with van der Waals surface area (Å²) in [4.78, 5) is 13.6. The Morgan fingerprint density at radius 2 is 2.26 bits per heavy atom. The zero-order chi connectivity index (χ0) is 13.2. The quantitative estimate of drug-likeness (QED) is 0.806. The van der Waals surface area contributed by atoms with E-state index in [2.05, 4.69) is 20.2 Å². The molecule has 0 aromatic carbocycles. The third-order valence-corrected chi connectivity index (χ3v) is 3.64. The topological polar surface area (TPSA) is 86.5 Å². The van der Waals surface area contributed by atoms with Crippen molar-refractivity contribution in [2.24, 2.45) is 0 Å². The maximum Gasteiger partial charge on any atom is 0.364 e. The fourth-order valence-corrected chi connectivity index (χ4v) is 2.62. The highest BCUT2D eigenvalue weighted by Gasteiger charge is 2.22. The predicted octanol–water partition coefficient (Wildman–Crippen LogP) is 0.159. The Labute approximate surface area is 109 Å². The summed E-state index contributed by atoms with van der Waals surface area (Å²) in [6, 6.07) is 3.69. The molecule has 3 heterocycles. The van der Waals surface area contributed by atoms with Gasteiger partial charge in [0.05, 0.1) is 12.6 Å². The summed E-state index contributed by atoms with van der Waals surface area (Å²) in [5.74, 6) is 0.719. The van der Waals surface area contributed by atoms with E-state index in [0.29, 0.717) is 5.65 Å². The number of rotatable bonds is 2. The van der Waals surface area contributed by atoms with Crippen molar-refractivity contribution in [3.05, 3.63) is 22.6 Å². The minimum absolute atomic E-state index is 0.0788. The van der Waals surface area contributed by atoms with Gasteiger partial charge in [-0.25, -0.2) is 9.89 Å². The fourth-order valence-electron chi connectivity index (χ4n) is 2.62. The van der Waals surface area contributed by atoms with Gasteiger partial charge in [0.25, 0.3) is 0 Å². The van der Waals surface area contributed by atoms with E-state index in [4.69, 9.17) is 0 Å². The molecule has 1 aliphatic rings. The normalized spacial score (nSPS) is 20.7. The molecule has 0 aliphatic carbocycles. The highest BCUT2D eigenvalue weighted by atomic mass is 16.3. The Morgan fingerprint density at radius 1 is 1.37 bits per heavy atom. The van der Waals surface area contributed by atoms with E-state index < -0.39 is 0 Å². The van der Waals surface area contributed by atoms with Crippen LogP contribution < -0.4 is 10.6 Å². The van der Waals surface area contributed by atoms with Gasteiger partial charge in [-0.15, -0.1) is 5.10 Å². The molecule has 0 amide bonds. The third-order valence-electron chi connectivity index (χ3n) is 3.64. The van der Waals surface area contributed by atoms with Gasteiger partial charge < -0.3 is 10.0 Å². The van der Waals surface area contributed by atoms with Crippen LogP contribution in [0.4, 0.5) is 5.82 Å². The average Bonchev–Trinajstić information content (AvgIpc) is 2.66. The maximum atomic E-state index is 11.5. The van der Waals surface area contributed by atoms with E-state index in [-0.39, 0.29) is 18.3 Å². The van der Waals surface area contributed by atoms with Gasteiger partial charge in [-0.3, -0.25) is 0 Å². The molecule has 1 saturated heterocycles. The first-order chi connectivity index (χ1) is 9.29. The number of aliphatic hydroxyl groups excluding tert-OH is 1. The lowest BCUT2D eigenvalue weighted by Crippen LogP contribution is -2.38. The Hall–Kier alpha value is -1.89. The smallest absolute Gasteiger partial charge is 0.364 e. The van der Waals surface area contributed by atoms with Gasteiger partial charge in [0.15, 0.2) is 5.65 Å². The van der Waals surface area contributed by atoms with Crippen molar-refractivity contribution in [1.29, 1.82) is 0 Å². The zero-order valence-electron chi connectivity index (χ0n) is 10.6. The Bertz CT molecular complexity index is 620. The lowest BCUT2D eigenvalue weighted by Gasteiger charge is -2.29. The number of hydrogen-bond donors (Lipinski definition) is 2. The van der Waals surface area contributed by atoms with E-state index in [1.807, 2.05) is 6.07 Å². The molecule has 1 aliphatic heterocycles. The zero-order valence-corrected chi connectivity index (χ0v) is 10.6. The maximum absolute atomic E-state index is 11.5. The summed E-state index contributed by atoms with van der Waals surface area (Å²) in [5, 5.41) is 20.1. The second kappa shape index (κ2) is 5.00. The van der Waals surface area contributed by atoms with Crippen LogP contribution in [0.3, 0.4) is 0 Å². The van der Waals surface area contributed by atoms with Crippen LogP contribution in [0.5, 0.6) is 0 Å². The molecular formula is C12H17N5O2. The highest BCUT2D eigenvalue weighted by molar-refractivity contribution is 5.45. The number of aliphatic hydroxyl groups is 1. The van der Waals surface area contributed by atoms with Gasteiger partial charge in [0, 0.05) is 6.54 Å². The first-order valence-electron chi connectivity index (χ1n) is 6.61. The molecule has 0 spiro atoms. The van der Waals surface area contributed by atoms with Crippen LogP contribution in [0.2, 0.25) is 0 Å². The molecule has 1 unspecified atom stereocenters. The summed E-state index contributed by atoms with van der Waals surface area (Å²) in [5.41, 5.74) is 0.163. The summed E-state index contributed by atoms with van der Waals surface area (Å²) >= 11 is 0. The molecule has 0 radical (unpaired) electrons. The number of nitrogens with one attached hydrogen (secondary N) is 1. The van der Waals surface area contributed by atoms with Crippen molar-refractivity contribution < 1.29 is 5.11 Å². The number of H-pyrrole nitrogens is 1. The van der Waals surface area contributed by atoms with Crippen molar-refractivity contribution in [3.63, 3.8) is 0 Å². The summed E-state index contributed by atoms with van der Waals surface area (Å²) in [6.45, 7) is 0.969. The molecule has 3 rings (SSSR count). The number of fused-ring (bicyclic) bond motifs is 1. The standard InChI is InChI=1S/C12H17N5O2/c18-8-9-4-2-1-3-7-16(9)11-6-5-10-13-14-12(19)17(10)15-11/h5-6,9,18H,1-4,7-8H2,(H,14,19). The predicted molar refractivity (Wildman–Crippen MR) is 70.3 cm³/mol. The van der Waals surface area contributed by atoms with Crippen LogP contribution in [0.15, 0.2) is 16.9 Å². The van der Waals surface area contributed by atoms with Crippen molar-refractivity contribution in [2.45, 2.75) is 31.7 Å². The SMILES string of the molecule is O=c1[nH]nc2ccc(N3CCCCCC3CO)nn12. The Kier molecular flexibility index (Phi) is 3.20. The molecule has 7 heteroatoms. The third kappa shape index (κ3) is 2.21. The number of anilines is 1. The monoisotopic (exact) mass is 263 g/mol. The van der Waals surface area contributed by atoms with E-state index in [1.165, 1.54) is 10.9 Å². The van der Waals surface area contributed by atoms with Gasteiger partial charge in [0.2, 0.25) is 0 Å². The Morgan fingerprint density at radius 3 is 3.11 bits per heavy atom. The molecule has 2 aromatic heterocycles. The molecule has 102 valence electrons. The van der Waals surface area contributed by atoms with E-state index in [1.54, 1.807) is 6.07 Å². The number of aromatic nitrogens is 4. The van der Waals surface area contributed by atoms with Crippen molar-refractivity contribution in [1.82, 2.24) is 19.8 Å². The van der Waals surface area contributed by atoms with Gasteiger partial charge in [-0.1, -0.05) is 12.8 Å². The fraction of sp³-hybridized carbons (Fsp3) is 0.583. The lowest BCUT2D eigenvalue weighted by atomic mass is 10.1. The second-order valence-electron chi connectivity index (χ2n) is 4.87. The van der Waals surface area contributed by atoms with E-state index >= 15 is 0 Å². The molecular weight excluding hydrogens is 246 g/mol. The number of nitrogens with zero attached hydrogens (tertiary/aromatic N) is 4. The van der Waals surface area contributed by atoms with Crippen molar-refractivity contribution in [2.75, 3.05) is 18.1 Å². The average molecular weight is 263 g/mol. The largest absolute Gasteiger partial charge is 0.394 e. The molecule has 2 N–H and O–H groups in total. The molecule has 19 heavy (non-hydrogen) atoms.